The summed E-state index contributed by atoms with van der Waals surface area (Å²) in [6, 6.07) is 13.6. The van der Waals surface area contributed by atoms with Gasteiger partial charge in [0.05, 0.1) is 13.0 Å². The van der Waals surface area contributed by atoms with E-state index in [4.69, 9.17) is 9.47 Å². The topological polar surface area (TPSA) is 64.6 Å². The van der Waals surface area contributed by atoms with Crippen molar-refractivity contribution in [3.05, 3.63) is 48.0 Å². The minimum Gasteiger partial charge on any atom is -0.469 e. The third-order valence-electron chi connectivity index (χ3n) is 4.20. The van der Waals surface area contributed by atoms with Crippen LogP contribution in [-0.4, -0.2) is 30.8 Å². The summed E-state index contributed by atoms with van der Waals surface area (Å²) in [5, 5.41) is 5.06. The first kappa shape index (κ1) is 19.8. The van der Waals surface area contributed by atoms with Crippen molar-refractivity contribution in [3.63, 3.8) is 0 Å². The number of rotatable bonds is 5. The Morgan fingerprint density at radius 2 is 1.73 bits per heavy atom. The van der Waals surface area contributed by atoms with E-state index in [0.717, 1.165) is 16.3 Å². The molecule has 0 saturated carbocycles. The van der Waals surface area contributed by atoms with Crippen molar-refractivity contribution in [2.75, 3.05) is 7.11 Å². The highest BCUT2D eigenvalue weighted by atomic mass is 16.6. The van der Waals surface area contributed by atoms with Gasteiger partial charge in [0.15, 0.2) is 0 Å². The maximum atomic E-state index is 12.3. The standard InChI is InChI=1S/C21H27NO4/c1-14(19(23)25-5)18(22-20(24)26-21(2,3)4)13-16-11-8-10-15-9-6-7-12-17(15)16/h6-12,14,18H,13H2,1-5H3,(H,22,24)/t14-,18-/m0/s1. The number of hydrogen-bond donors (Lipinski definition) is 1. The van der Waals surface area contributed by atoms with E-state index in [-0.39, 0.29) is 5.97 Å². The van der Waals surface area contributed by atoms with E-state index in [1.807, 2.05) is 42.5 Å². The first-order chi connectivity index (χ1) is 12.2. The smallest absolute Gasteiger partial charge is 0.407 e. The molecular weight excluding hydrogens is 330 g/mol. The summed E-state index contributed by atoms with van der Waals surface area (Å²) in [7, 11) is 1.35. The lowest BCUT2D eigenvalue weighted by Gasteiger charge is -2.26. The van der Waals surface area contributed by atoms with Gasteiger partial charge in [0.2, 0.25) is 0 Å². The number of carbonyl (C=O) groups is 2. The minimum atomic E-state index is -0.609. The molecule has 140 valence electrons. The first-order valence-electron chi connectivity index (χ1n) is 8.75. The second-order valence-electron chi connectivity index (χ2n) is 7.41. The molecule has 0 unspecified atom stereocenters. The zero-order chi connectivity index (χ0) is 19.3. The third-order valence-corrected chi connectivity index (χ3v) is 4.20. The lowest BCUT2D eigenvalue weighted by molar-refractivity contribution is -0.145. The molecule has 5 heteroatoms. The number of esters is 1. The van der Waals surface area contributed by atoms with Gasteiger partial charge in [0.25, 0.3) is 0 Å². The number of methoxy groups -OCH3 is 1. The molecule has 5 nitrogen and oxygen atoms in total. The summed E-state index contributed by atoms with van der Waals surface area (Å²) in [5.41, 5.74) is 0.447. The van der Waals surface area contributed by atoms with Crippen LogP contribution in [0.3, 0.4) is 0 Å². The Hall–Kier alpha value is -2.56. The van der Waals surface area contributed by atoms with Gasteiger partial charge in [-0.05, 0) is 50.5 Å². The van der Waals surface area contributed by atoms with Crippen molar-refractivity contribution in [1.29, 1.82) is 0 Å². The van der Waals surface area contributed by atoms with E-state index in [0.29, 0.717) is 6.42 Å². The molecule has 0 radical (unpaired) electrons. The van der Waals surface area contributed by atoms with E-state index in [2.05, 4.69) is 5.32 Å². The molecule has 0 aromatic heterocycles. The molecule has 0 saturated heterocycles. The molecule has 0 bridgehead atoms. The number of nitrogens with one attached hydrogen (secondary N) is 1. The largest absolute Gasteiger partial charge is 0.469 e. The van der Waals surface area contributed by atoms with Crippen molar-refractivity contribution in [2.45, 2.75) is 45.8 Å². The van der Waals surface area contributed by atoms with E-state index in [1.165, 1.54) is 7.11 Å². The van der Waals surface area contributed by atoms with Crippen molar-refractivity contribution in [3.8, 4) is 0 Å². The molecule has 2 atom stereocenters. The van der Waals surface area contributed by atoms with Crippen molar-refractivity contribution < 1.29 is 19.1 Å². The fourth-order valence-electron chi connectivity index (χ4n) is 2.87. The Morgan fingerprint density at radius 1 is 1.08 bits per heavy atom. The van der Waals surface area contributed by atoms with Crippen LogP contribution in [0.2, 0.25) is 0 Å². The zero-order valence-corrected chi connectivity index (χ0v) is 16.0. The Morgan fingerprint density at radius 3 is 2.38 bits per heavy atom. The molecule has 2 aromatic carbocycles. The summed E-state index contributed by atoms with van der Waals surface area (Å²) in [6.45, 7) is 7.15. The van der Waals surface area contributed by atoms with Gasteiger partial charge in [0.1, 0.15) is 5.60 Å². The molecule has 0 heterocycles. The fourth-order valence-corrected chi connectivity index (χ4v) is 2.87. The lowest BCUT2D eigenvalue weighted by atomic mass is 9.92. The third kappa shape index (κ3) is 5.22. The molecule has 1 amide bonds. The predicted octanol–water partition coefficient (Wildman–Crippen LogP) is 4.08. The van der Waals surface area contributed by atoms with Gasteiger partial charge in [-0.15, -0.1) is 0 Å². The molecule has 26 heavy (non-hydrogen) atoms. The van der Waals surface area contributed by atoms with Crippen LogP contribution in [0.4, 0.5) is 4.79 Å². The molecule has 0 aliphatic carbocycles. The highest BCUT2D eigenvalue weighted by molar-refractivity contribution is 5.86. The number of carbonyl (C=O) groups excluding carboxylic acids is 2. The van der Waals surface area contributed by atoms with E-state index in [1.54, 1.807) is 27.7 Å². The SMILES string of the molecule is COC(=O)[C@@H](C)[C@H](Cc1cccc2ccccc12)NC(=O)OC(C)(C)C. The van der Waals surface area contributed by atoms with Crippen LogP contribution in [0.5, 0.6) is 0 Å². The number of ether oxygens (including phenoxy) is 2. The van der Waals surface area contributed by atoms with E-state index in [9.17, 15) is 9.59 Å². The van der Waals surface area contributed by atoms with E-state index >= 15 is 0 Å². The molecule has 1 N–H and O–H groups in total. The maximum Gasteiger partial charge on any atom is 0.407 e. The van der Waals surface area contributed by atoms with Crippen LogP contribution >= 0.6 is 0 Å². The van der Waals surface area contributed by atoms with Crippen LogP contribution in [0, 0.1) is 5.92 Å². The molecule has 0 fully saturated rings. The van der Waals surface area contributed by atoms with Crippen LogP contribution in [0.25, 0.3) is 10.8 Å². The number of hydrogen-bond acceptors (Lipinski definition) is 4. The Kier molecular flexibility index (Phi) is 6.24. The Balaban J connectivity index is 2.28. The average Bonchev–Trinajstić information content (AvgIpc) is 2.58. The molecule has 0 aliphatic rings. The molecule has 0 spiro atoms. The highest BCUT2D eigenvalue weighted by Crippen LogP contribution is 2.22. The van der Waals surface area contributed by atoms with Crippen LogP contribution in [0.15, 0.2) is 42.5 Å². The molecule has 0 aliphatic heterocycles. The second kappa shape index (κ2) is 8.21. The minimum absolute atomic E-state index is 0.369. The van der Waals surface area contributed by atoms with Crippen LogP contribution in [0.1, 0.15) is 33.3 Å². The lowest BCUT2D eigenvalue weighted by Crippen LogP contribution is -2.46. The summed E-state index contributed by atoms with van der Waals surface area (Å²) >= 11 is 0. The Bertz CT molecular complexity index is 774. The number of alkyl carbamates (subject to hydrolysis) is 1. The Labute approximate surface area is 154 Å². The van der Waals surface area contributed by atoms with Gasteiger partial charge >= 0.3 is 12.1 Å². The summed E-state index contributed by atoms with van der Waals surface area (Å²) in [5.74, 6) is -0.877. The van der Waals surface area contributed by atoms with Gasteiger partial charge in [-0.1, -0.05) is 42.5 Å². The number of benzene rings is 2. The van der Waals surface area contributed by atoms with Gasteiger partial charge in [0, 0.05) is 6.04 Å². The van der Waals surface area contributed by atoms with Crippen LogP contribution < -0.4 is 5.32 Å². The number of fused-ring (bicyclic) bond motifs is 1. The normalized spacial score (nSPS) is 13.7. The van der Waals surface area contributed by atoms with Gasteiger partial charge in [-0.25, -0.2) is 4.79 Å². The summed E-state index contributed by atoms with van der Waals surface area (Å²) < 4.78 is 10.2. The van der Waals surface area contributed by atoms with Gasteiger partial charge < -0.3 is 14.8 Å². The number of amides is 1. The summed E-state index contributed by atoms with van der Waals surface area (Å²) in [6.07, 6.45) is -0.0462. The van der Waals surface area contributed by atoms with E-state index < -0.39 is 23.7 Å². The highest BCUT2D eigenvalue weighted by Gasteiger charge is 2.29. The average molecular weight is 357 g/mol. The molecular formula is C21H27NO4. The van der Waals surface area contributed by atoms with Gasteiger partial charge in [-0.3, -0.25) is 4.79 Å². The molecule has 2 aromatic rings. The van der Waals surface area contributed by atoms with Crippen molar-refractivity contribution in [2.24, 2.45) is 5.92 Å². The zero-order valence-electron chi connectivity index (χ0n) is 16.0. The summed E-state index contributed by atoms with van der Waals surface area (Å²) in [4.78, 5) is 24.3. The quantitative estimate of drug-likeness (QED) is 0.819. The maximum absolute atomic E-state index is 12.3. The predicted molar refractivity (Wildman–Crippen MR) is 102 cm³/mol. The fraction of sp³-hybridized carbons (Fsp3) is 0.429. The molecule has 2 rings (SSSR count). The van der Waals surface area contributed by atoms with Crippen molar-refractivity contribution in [1.82, 2.24) is 5.32 Å². The van der Waals surface area contributed by atoms with Crippen LogP contribution in [-0.2, 0) is 20.7 Å². The second-order valence-corrected chi connectivity index (χ2v) is 7.41. The van der Waals surface area contributed by atoms with Crippen molar-refractivity contribution >= 4 is 22.8 Å². The first-order valence-corrected chi connectivity index (χ1v) is 8.75. The van der Waals surface area contributed by atoms with Gasteiger partial charge in [-0.2, -0.15) is 0 Å². The monoisotopic (exact) mass is 357 g/mol.